The molecule has 0 spiro atoms. The van der Waals surface area contributed by atoms with Gasteiger partial charge in [0.2, 0.25) is 0 Å². The van der Waals surface area contributed by atoms with E-state index in [1.807, 2.05) is 0 Å². The second-order valence-corrected chi connectivity index (χ2v) is 11.9. The largest absolute Gasteiger partial charge is 0.466 e. The predicted molar refractivity (Wildman–Crippen MR) is 122 cm³/mol. The number of rotatable bonds is 5. The van der Waals surface area contributed by atoms with Gasteiger partial charge in [-0.15, -0.1) is 0 Å². The molecule has 5 heteroatoms. The first kappa shape index (κ1) is 23.8. The molecule has 4 unspecified atom stereocenters. The van der Waals surface area contributed by atoms with E-state index in [2.05, 4.69) is 20.8 Å². The lowest BCUT2D eigenvalue weighted by Crippen LogP contribution is -2.57. The minimum absolute atomic E-state index is 0.0134. The van der Waals surface area contributed by atoms with Gasteiger partial charge in [0.25, 0.3) is 0 Å². The van der Waals surface area contributed by atoms with Crippen LogP contribution in [0.1, 0.15) is 92.4 Å². The molecule has 9 atom stereocenters. The van der Waals surface area contributed by atoms with Gasteiger partial charge in [-0.3, -0.25) is 14.4 Å². The number of fused-ring (bicyclic) bond motifs is 5. The highest BCUT2D eigenvalue weighted by atomic mass is 16.5. The third-order valence-electron chi connectivity index (χ3n) is 10.4. The Kier molecular flexibility index (Phi) is 6.50. The van der Waals surface area contributed by atoms with Crippen LogP contribution in [0.2, 0.25) is 0 Å². The molecule has 0 aromatic heterocycles. The molecule has 0 aromatic carbocycles. The summed E-state index contributed by atoms with van der Waals surface area (Å²) in [5, 5.41) is 0. The average molecular weight is 447 g/mol. The molecule has 0 aromatic rings. The van der Waals surface area contributed by atoms with Gasteiger partial charge in [-0.05, 0) is 85.9 Å². The van der Waals surface area contributed by atoms with Crippen molar-refractivity contribution in [1.82, 2.24) is 0 Å². The van der Waals surface area contributed by atoms with Gasteiger partial charge in [-0.25, -0.2) is 0 Å². The SMILES string of the molecule is CC(=O)OCCCC1CC(OC(C)=O)[C@@]2(C)CC[C@@H]3[C@@H](CCC4CC(=O)CC(C)[C@@]43C)[C@H]12. The van der Waals surface area contributed by atoms with E-state index >= 15 is 0 Å². The van der Waals surface area contributed by atoms with Crippen LogP contribution in [0.5, 0.6) is 0 Å². The minimum Gasteiger partial charge on any atom is -0.466 e. The fraction of sp³-hybridized carbons (Fsp3) is 0.889. The van der Waals surface area contributed by atoms with E-state index in [1.165, 1.54) is 26.7 Å². The molecule has 0 aliphatic heterocycles. The summed E-state index contributed by atoms with van der Waals surface area (Å²) in [6, 6.07) is 0. The van der Waals surface area contributed by atoms with Crippen molar-refractivity contribution in [2.24, 2.45) is 46.3 Å². The Morgan fingerprint density at radius 2 is 1.81 bits per heavy atom. The molecule has 32 heavy (non-hydrogen) atoms. The molecule has 0 saturated heterocycles. The molecule has 4 rings (SSSR count). The Labute approximate surface area is 193 Å². The van der Waals surface area contributed by atoms with E-state index in [0.29, 0.717) is 47.9 Å². The molecule has 5 nitrogen and oxygen atoms in total. The van der Waals surface area contributed by atoms with E-state index < -0.39 is 0 Å². The van der Waals surface area contributed by atoms with Gasteiger partial charge in [0, 0.05) is 32.1 Å². The van der Waals surface area contributed by atoms with E-state index in [-0.39, 0.29) is 28.9 Å². The summed E-state index contributed by atoms with van der Waals surface area (Å²) < 4.78 is 11.2. The molecule has 0 N–H and O–H groups in total. The number of hydrogen-bond acceptors (Lipinski definition) is 5. The van der Waals surface area contributed by atoms with Gasteiger partial charge < -0.3 is 9.47 Å². The van der Waals surface area contributed by atoms with Crippen LogP contribution < -0.4 is 0 Å². The Balaban J connectivity index is 1.60. The molecule has 0 bridgehead atoms. The summed E-state index contributed by atoms with van der Waals surface area (Å²) in [7, 11) is 0. The van der Waals surface area contributed by atoms with Crippen molar-refractivity contribution < 1.29 is 23.9 Å². The maximum Gasteiger partial charge on any atom is 0.302 e. The van der Waals surface area contributed by atoms with Gasteiger partial charge in [-0.1, -0.05) is 20.8 Å². The monoisotopic (exact) mass is 446 g/mol. The normalized spacial score (nSPS) is 45.4. The summed E-state index contributed by atoms with van der Waals surface area (Å²) in [6.45, 7) is 10.6. The van der Waals surface area contributed by atoms with Crippen molar-refractivity contribution in [3.05, 3.63) is 0 Å². The molecule has 0 amide bonds. The van der Waals surface area contributed by atoms with E-state index in [4.69, 9.17) is 9.47 Å². The minimum atomic E-state index is -0.219. The molecule has 4 aliphatic rings. The topological polar surface area (TPSA) is 69.7 Å². The summed E-state index contributed by atoms with van der Waals surface area (Å²) in [5.41, 5.74) is 0.260. The molecule has 4 fully saturated rings. The first-order valence-electron chi connectivity index (χ1n) is 12.9. The van der Waals surface area contributed by atoms with Crippen LogP contribution in [0, 0.1) is 46.3 Å². The summed E-state index contributed by atoms with van der Waals surface area (Å²) in [4.78, 5) is 35.5. The molecule has 180 valence electrons. The van der Waals surface area contributed by atoms with Crippen molar-refractivity contribution in [1.29, 1.82) is 0 Å². The summed E-state index contributed by atoms with van der Waals surface area (Å²) in [5.74, 6) is 3.34. The van der Waals surface area contributed by atoms with Crippen LogP contribution >= 0.6 is 0 Å². The first-order chi connectivity index (χ1) is 15.1. The van der Waals surface area contributed by atoms with Crippen molar-refractivity contribution in [2.45, 2.75) is 98.5 Å². The zero-order valence-corrected chi connectivity index (χ0v) is 20.7. The lowest BCUT2D eigenvalue weighted by molar-refractivity contribution is -0.169. The standard InChI is InChI=1S/C27H42O5/c1-16-13-21(30)15-20-8-9-22-23(27(16,20)5)10-11-26(4)24(32-18(3)29)14-19(25(22)26)7-6-12-31-17(2)28/h16,19-20,22-25H,6-15H2,1-5H3/t16?,19?,20?,22-,23-,24?,25+,26-,27+/m1/s1. The Morgan fingerprint density at radius 3 is 2.50 bits per heavy atom. The highest BCUT2D eigenvalue weighted by Crippen LogP contribution is 2.68. The van der Waals surface area contributed by atoms with Crippen molar-refractivity contribution >= 4 is 17.7 Å². The van der Waals surface area contributed by atoms with E-state index in [9.17, 15) is 14.4 Å². The number of esters is 2. The predicted octanol–water partition coefficient (Wildman–Crippen LogP) is 5.35. The highest BCUT2D eigenvalue weighted by Gasteiger charge is 2.64. The van der Waals surface area contributed by atoms with Crippen LogP contribution in [-0.4, -0.2) is 30.4 Å². The molecule has 4 aliphatic carbocycles. The smallest absolute Gasteiger partial charge is 0.302 e. The van der Waals surface area contributed by atoms with Gasteiger partial charge in [0.05, 0.1) is 6.61 Å². The molecule has 0 radical (unpaired) electrons. The van der Waals surface area contributed by atoms with Gasteiger partial charge >= 0.3 is 11.9 Å². The fourth-order valence-corrected chi connectivity index (χ4v) is 8.95. The number of ether oxygens (including phenoxy) is 2. The van der Waals surface area contributed by atoms with Crippen molar-refractivity contribution in [2.75, 3.05) is 6.61 Å². The third-order valence-corrected chi connectivity index (χ3v) is 10.4. The van der Waals surface area contributed by atoms with E-state index in [1.54, 1.807) is 0 Å². The van der Waals surface area contributed by atoms with Gasteiger partial charge in [-0.2, -0.15) is 0 Å². The zero-order valence-electron chi connectivity index (χ0n) is 20.7. The van der Waals surface area contributed by atoms with Crippen LogP contribution in [-0.2, 0) is 23.9 Å². The number of Topliss-reactive ketones (excluding diaryl/α,β-unsaturated/α-hetero) is 1. The molecule has 0 heterocycles. The average Bonchev–Trinajstić information content (AvgIpc) is 2.97. The zero-order chi connectivity index (χ0) is 23.3. The second kappa shape index (κ2) is 8.76. The molecular weight excluding hydrogens is 404 g/mol. The Morgan fingerprint density at radius 1 is 1.06 bits per heavy atom. The lowest BCUT2D eigenvalue weighted by atomic mass is 9.42. The van der Waals surface area contributed by atoms with Gasteiger partial charge in [0.1, 0.15) is 11.9 Å². The molecule has 4 saturated carbocycles. The molecular formula is C27H42O5. The number of carbonyl (C=O) groups excluding carboxylic acids is 3. The van der Waals surface area contributed by atoms with Crippen LogP contribution in [0.3, 0.4) is 0 Å². The maximum absolute atomic E-state index is 12.4. The maximum atomic E-state index is 12.4. The van der Waals surface area contributed by atoms with Crippen molar-refractivity contribution in [3.8, 4) is 0 Å². The number of hydrogen-bond donors (Lipinski definition) is 0. The van der Waals surface area contributed by atoms with Gasteiger partial charge in [0.15, 0.2) is 0 Å². The van der Waals surface area contributed by atoms with Crippen LogP contribution in [0.25, 0.3) is 0 Å². The Bertz CT molecular complexity index is 761. The summed E-state index contributed by atoms with van der Waals surface area (Å²) in [6.07, 6.45) is 8.93. The second-order valence-electron chi connectivity index (χ2n) is 11.9. The number of ketones is 1. The van der Waals surface area contributed by atoms with E-state index in [0.717, 1.165) is 44.9 Å². The van der Waals surface area contributed by atoms with Crippen LogP contribution in [0.4, 0.5) is 0 Å². The van der Waals surface area contributed by atoms with Crippen molar-refractivity contribution in [3.63, 3.8) is 0 Å². The Hall–Kier alpha value is -1.39. The first-order valence-corrected chi connectivity index (χ1v) is 12.9. The highest BCUT2D eigenvalue weighted by molar-refractivity contribution is 5.80. The fourth-order valence-electron chi connectivity index (χ4n) is 8.95. The quantitative estimate of drug-likeness (QED) is 0.421. The third kappa shape index (κ3) is 3.92. The summed E-state index contributed by atoms with van der Waals surface area (Å²) >= 11 is 0. The lowest BCUT2D eigenvalue weighted by Gasteiger charge is -2.62. The van der Waals surface area contributed by atoms with Crippen LogP contribution in [0.15, 0.2) is 0 Å². The number of carbonyl (C=O) groups is 3.